The minimum absolute atomic E-state index is 0.217. The molecule has 0 aliphatic carbocycles. The van der Waals surface area contributed by atoms with Crippen LogP contribution in [0.1, 0.15) is 5.56 Å². The Hall–Kier alpha value is -2.14. The van der Waals surface area contributed by atoms with E-state index in [0.717, 1.165) is 7.11 Å². The Morgan fingerprint density at radius 1 is 1.56 bits per heavy atom. The fourth-order valence-electron chi connectivity index (χ4n) is 2.09. The molecule has 1 aliphatic heterocycles. The number of esters is 1. The van der Waals surface area contributed by atoms with Gasteiger partial charge < -0.3 is 14.7 Å². The van der Waals surface area contributed by atoms with E-state index >= 15 is 0 Å². The van der Waals surface area contributed by atoms with Crippen LogP contribution in [-0.2, 0) is 19.9 Å². The predicted molar refractivity (Wildman–Crippen MR) is 64.9 cm³/mol. The van der Waals surface area contributed by atoms with Crippen molar-refractivity contribution in [3.63, 3.8) is 0 Å². The Morgan fingerprint density at radius 2 is 2.22 bits per heavy atom. The summed E-state index contributed by atoms with van der Waals surface area (Å²) >= 11 is 0. The zero-order valence-corrected chi connectivity index (χ0v) is 9.92. The SMILES string of the molecule is C=CCN1C(=O)C(O)(C(=O)OC)c2ccccc21. The van der Waals surface area contributed by atoms with Crippen LogP contribution in [0.5, 0.6) is 0 Å². The smallest absolute Gasteiger partial charge is 0.352 e. The van der Waals surface area contributed by atoms with E-state index in [4.69, 9.17) is 0 Å². The fourth-order valence-corrected chi connectivity index (χ4v) is 2.09. The van der Waals surface area contributed by atoms with Crippen LogP contribution in [0.4, 0.5) is 5.69 Å². The van der Waals surface area contributed by atoms with Crippen LogP contribution in [0.2, 0.25) is 0 Å². The molecular weight excluding hydrogens is 234 g/mol. The zero-order chi connectivity index (χ0) is 13.3. The number of aliphatic hydroxyl groups is 1. The lowest BCUT2D eigenvalue weighted by Crippen LogP contribution is -2.46. The first-order chi connectivity index (χ1) is 8.57. The molecule has 2 rings (SSSR count). The number of anilines is 1. The van der Waals surface area contributed by atoms with Gasteiger partial charge >= 0.3 is 5.97 Å². The Balaban J connectivity index is 2.61. The largest absolute Gasteiger partial charge is 0.466 e. The highest BCUT2D eigenvalue weighted by molar-refractivity contribution is 6.18. The molecule has 5 heteroatoms. The monoisotopic (exact) mass is 247 g/mol. The second kappa shape index (κ2) is 4.27. The molecule has 1 aromatic rings. The number of hydrogen-bond acceptors (Lipinski definition) is 4. The van der Waals surface area contributed by atoms with E-state index in [-0.39, 0.29) is 12.1 Å². The van der Waals surface area contributed by atoms with Gasteiger partial charge in [0.2, 0.25) is 0 Å². The summed E-state index contributed by atoms with van der Waals surface area (Å²) in [5.41, 5.74) is -1.52. The van der Waals surface area contributed by atoms with Crippen molar-refractivity contribution < 1.29 is 19.4 Å². The van der Waals surface area contributed by atoms with Gasteiger partial charge in [0, 0.05) is 12.1 Å². The van der Waals surface area contributed by atoms with E-state index in [0.29, 0.717) is 5.69 Å². The Labute approximate surface area is 104 Å². The number of benzene rings is 1. The molecule has 1 amide bonds. The molecule has 1 N–H and O–H groups in total. The van der Waals surface area contributed by atoms with E-state index in [1.807, 2.05) is 0 Å². The van der Waals surface area contributed by atoms with Crippen LogP contribution in [0.15, 0.2) is 36.9 Å². The number of para-hydroxylation sites is 1. The first kappa shape index (κ1) is 12.3. The molecule has 0 radical (unpaired) electrons. The highest BCUT2D eigenvalue weighted by Crippen LogP contribution is 2.40. The molecule has 5 nitrogen and oxygen atoms in total. The van der Waals surface area contributed by atoms with Gasteiger partial charge in [-0.1, -0.05) is 24.3 Å². The molecular formula is C13H13NO4. The van der Waals surface area contributed by atoms with Crippen LogP contribution >= 0.6 is 0 Å². The molecule has 0 saturated carbocycles. The first-order valence-electron chi connectivity index (χ1n) is 5.40. The van der Waals surface area contributed by atoms with Crippen molar-refractivity contribution in [3.05, 3.63) is 42.5 Å². The van der Waals surface area contributed by atoms with Crippen LogP contribution in [0.25, 0.3) is 0 Å². The van der Waals surface area contributed by atoms with Crippen molar-refractivity contribution in [2.45, 2.75) is 5.60 Å². The second-order valence-corrected chi connectivity index (χ2v) is 3.92. The fraction of sp³-hybridized carbons (Fsp3) is 0.231. The number of amides is 1. The summed E-state index contributed by atoms with van der Waals surface area (Å²) in [6.45, 7) is 3.77. The molecule has 1 aromatic carbocycles. The normalized spacial score (nSPS) is 21.7. The Kier molecular flexibility index (Phi) is 2.92. The molecule has 1 heterocycles. The highest BCUT2D eigenvalue weighted by atomic mass is 16.5. The standard InChI is InChI=1S/C13H13NO4/c1-3-8-14-10-7-5-4-6-9(10)13(17,11(14)15)12(16)18-2/h3-7,17H,1,8H2,2H3. The lowest BCUT2D eigenvalue weighted by Gasteiger charge is -2.19. The quantitative estimate of drug-likeness (QED) is 0.482. The number of methoxy groups -OCH3 is 1. The molecule has 94 valence electrons. The zero-order valence-electron chi connectivity index (χ0n) is 9.92. The van der Waals surface area contributed by atoms with Gasteiger partial charge in [0.25, 0.3) is 11.5 Å². The topological polar surface area (TPSA) is 66.8 Å². The molecule has 1 aliphatic rings. The summed E-state index contributed by atoms with van der Waals surface area (Å²) < 4.78 is 4.53. The number of fused-ring (bicyclic) bond motifs is 1. The third kappa shape index (κ3) is 1.44. The van der Waals surface area contributed by atoms with Crippen molar-refractivity contribution in [3.8, 4) is 0 Å². The van der Waals surface area contributed by atoms with Gasteiger partial charge in [-0.3, -0.25) is 4.79 Å². The number of rotatable bonds is 3. The summed E-state index contributed by atoms with van der Waals surface area (Å²) in [4.78, 5) is 25.2. The third-order valence-corrected chi connectivity index (χ3v) is 2.93. The van der Waals surface area contributed by atoms with Gasteiger partial charge in [-0.2, -0.15) is 0 Å². The molecule has 0 aromatic heterocycles. The van der Waals surface area contributed by atoms with Gasteiger partial charge in [-0.25, -0.2) is 4.79 Å². The summed E-state index contributed by atoms with van der Waals surface area (Å²) in [7, 11) is 1.13. The second-order valence-electron chi connectivity index (χ2n) is 3.92. The van der Waals surface area contributed by atoms with Gasteiger partial charge in [0.1, 0.15) is 0 Å². The number of ether oxygens (including phenoxy) is 1. The molecule has 0 bridgehead atoms. The lowest BCUT2D eigenvalue weighted by molar-refractivity contribution is -0.168. The minimum atomic E-state index is -2.26. The lowest BCUT2D eigenvalue weighted by atomic mass is 9.96. The number of carbonyl (C=O) groups is 2. The third-order valence-electron chi connectivity index (χ3n) is 2.93. The van der Waals surface area contributed by atoms with Crippen LogP contribution in [-0.4, -0.2) is 30.6 Å². The Morgan fingerprint density at radius 3 is 2.83 bits per heavy atom. The highest BCUT2D eigenvalue weighted by Gasteiger charge is 2.56. The molecule has 1 unspecified atom stereocenters. The summed E-state index contributed by atoms with van der Waals surface area (Å²) in [6.07, 6.45) is 1.53. The van der Waals surface area contributed by atoms with E-state index in [1.54, 1.807) is 18.2 Å². The van der Waals surface area contributed by atoms with Crippen molar-refractivity contribution in [1.82, 2.24) is 0 Å². The molecule has 18 heavy (non-hydrogen) atoms. The van der Waals surface area contributed by atoms with Crippen molar-refractivity contribution >= 4 is 17.6 Å². The van der Waals surface area contributed by atoms with E-state index in [9.17, 15) is 14.7 Å². The van der Waals surface area contributed by atoms with Crippen LogP contribution in [0.3, 0.4) is 0 Å². The summed E-state index contributed by atoms with van der Waals surface area (Å²) in [5, 5.41) is 10.4. The summed E-state index contributed by atoms with van der Waals surface area (Å²) in [6, 6.07) is 6.58. The maximum absolute atomic E-state index is 12.2. The van der Waals surface area contributed by atoms with Gasteiger partial charge in [-0.15, -0.1) is 6.58 Å². The first-order valence-corrected chi connectivity index (χ1v) is 5.40. The van der Waals surface area contributed by atoms with Crippen molar-refractivity contribution in [2.75, 3.05) is 18.6 Å². The van der Waals surface area contributed by atoms with Crippen molar-refractivity contribution in [1.29, 1.82) is 0 Å². The van der Waals surface area contributed by atoms with E-state index in [1.165, 1.54) is 17.0 Å². The van der Waals surface area contributed by atoms with Crippen LogP contribution < -0.4 is 4.90 Å². The number of carbonyl (C=O) groups excluding carboxylic acids is 2. The average molecular weight is 247 g/mol. The van der Waals surface area contributed by atoms with E-state index < -0.39 is 17.5 Å². The molecule has 1 atom stereocenters. The number of hydrogen-bond donors (Lipinski definition) is 1. The average Bonchev–Trinajstić information content (AvgIpc) is 2.62. The molecule has 0 fully saturated rings. The maximum atomic E-state index is 12.2. The van der Waals surface area contributed by atoms with Gasteiger partial charge in [0.15, 0.2) is 0 Å². The van der Waals surface area contributed by atoms with Crippen molar-refractivity contribution in [2.24, 2.45) is 0 Å². The molecule has 0 saturated heterocycles. The number of nitrogens with zero attached hydrogens (tertiary/aromatic N) is 1. The van der Waals surface area contributed by atoms with Crippen LogP contribution in [0, 0.1) is 0 Å². The minimum Gasteiger partial charge on any atom is -0.466 e. The maximum Gasteiger partial charge on any atom is 0.352 e. The van der Waals surface area contributed by atoms with E-state index in [2.05, 4.69) is 11.3 Å². The summed E-state index contributed by atoms with van der Waals surface area (Å²) in [5.74, 6) is -1.69. The Bertz CT molecular complexity index is 525. The van der Waals surface area contributed by atoms with Gasteiger partial charge in [0.05, 0.1) is 12.8 Å². The predicted octanol–water partition coefficient (Wildman–Crippen LogP) is 0.580. The molecule has 0 spiro atoms. The van der Waals surface area contributed by atoms with Gasteiger partial charge in [-0.05, 0) is 6.07 Å².